The first-order chi connectivity index (χ1) is 14.3. The summed E-state index contributed by atoms with van der Waals surface area (Å²) in [6.07, 6.45) is 3.47. The van der Waals surface area contributed by atoms with E-state index < -0.39 is 0 Å². The monoisotopic (exact) mass is 401 g/mol. The number of aromatic nitrogens is 2. The van der Waals surface area contributed by atoms with Crippen LogP contribution in [-0.4, -0.2) is 15.7 Å². The van der Waals surface area contributed by atoms with E-state index in [1.165, 1.54) is 11.1 Å². The molecule has 0 unspecified atom stereocenters. The summed E-state index contributed by atoms with van der Waals surface area (Å²) in [5, 5.41) is 7.74. The Bertz CT molecular complexity index is 1070. The van der Waals surface area contributed by atoms with E-state index >= 15 is 0 Å². The van der Waals surface area contributed by atoms with Gasteiger partial charge in [0, 0.05) is 23.0 Å². The Kier molecular flexibility index (Phi) is 6.56. The average molecular weight is 402 g/mol. The van der Waals surface area contributed by atoms with Crippen molar-refractivity contribution in [1.82, 2.24) is 9.78 Å². The van der Waals surface area contributed by atoms with Crippen molar-refractivity contribution in [1.29, 1.82) is 0 Å². The third-order valence-corrected chi connectivity index (χ3v) is 5.47. The molecule has 1 aromatic heterocycles. The van der Waals surface area contributed by atoms with Crippen LogP contribution in [0.3, 0.4) is 0 Å². The van der Waals surface area contributed by atoms with Crippen molar-refractivity contribution >= 4 is 17.7 Å². The Balaban J connectivity index is 1.77. The van der Waals surface area contributed by atoms with E-state index in [4.69, 9.17) is 0 Å². The summed E-state index contributed by atoms with van der Waals surface area (Å²) >= 11 is 0. The van der Waals surface area contributed by atoms with Gasteiger partial charge in [-0.05, 0) is 56.4 Å². The number of benzene rings is 2. The van der Waals surface area contributed by atoms with Gasteiger partial charge in [-0.2, -0.15) is 5.10 Å². The maximum atomic E-state index is 12.6. The number of carbonyl (C=O) groups excluding carboxylic acids is 1. The molecular weight excluding hydrogens is 370 g/mol. The number of aryl methyl sites for hydroxylation is 3. The molecule has 4 heteroatoms. The number of rotatable bonds is 6. The maximum absolute atomic E-state index is 12.6. The highest BCUT2D eigenvalue weighted by atomic mass is 16.1. The van der Waals surface area contributed by atoms with Gasteiger partial charge in [-0.3, -0.25) is 9.48 Å². The van der Waals surface area contributed by atoms with E-state index in [0.717, 1.165) is 33.8 Å². The van der Waals surface area contributed by atoms with Crippen LogP contribution in [0.2, 0.25) is 0 Å². The van der Waals surface area contributed by atoms with Crippen molar-refractivity contribution in [3.8, 4) is 0 Å². The Hall–Kier alpha value is -3.14. The van der Waals surface area contributed by atoms with Gasteiger partial charge in [-0.1, -0.05) is 61.9 Å². The highest BCUT2D eigenvalue weighted by Crippen LogP contribution is 2.27. The summed E-state index contributed by atoms with van der Waals surface area (Å²) in [5.74, 6) is 0.213. The number of anilines is 1. The van der Waals surface area contributed by atoms with E-state index in [1.807, 2.05) is 43.7 Å². The highest BCUT2D eigenvalue weighted by molar-refractivity contribution is 6.03. The van der Waals surface area contributed by atoms with Gasteiger partial charge in [-0.25, -0.2) is 0 Å². The predicted octanol–water partition coefficient (Wildman–Crippen LogP) is 5.94. The molecule has 1 amide bonds. The van der Waals surface area contributed by atoms with Gasteiger partial charge in [0.05, 0.1) is 12.2 Å². The number of hydrogen-bond donors (Lipinski definition) is 1. The normalized spacial score (nSPS) is 11.4. The fraction of sp³-hybridized carbons (Fsp3) is 0.308. The van der Waals surface area contributed by atoms with Gasteiger partial charge < -0.3 is 5.32 Å². The zero-order valence-electron chi connectivity index (χ0n) is 18.8. The summed E-state index contributed by atoms with van der Waals surface area (Å²) in [6.45, 7) is 13.1. The van der Waals surface area contributed by atoms with Crippen LogP contribution in [0.4, 0.5) is 5.69 Å². The molecule has 0 aliphatic heterocycles. The minimum absolute atomic E-state index is 0.128. The van der Waals surface area contributed by atoms with Gasteiger partial charge in [-0.15, -0.1) is 0 Å². The SMILES string of the molecule is Cc1ccc(Cn2nc(C)c(/C=C/C(=O)Nc3c(C)cccc3C(C)C)c2C)cc1. The van der Waals surface area contributed by atoms with Crippen molar-refractivity contribution in [2.75, 3.05) is 5.32 Å². The van der Waals surface area contributed by atoms with Crippen LogP contribution < -0.4 is 5.32 Å². The number of hydrogen-bond acceptors (Lipinski definition) is 2. The smallest absolute Gasteiger partial charge is 0.248 e. The molecule has 0 aliphatic rings. The van der Waals surface area contributed by atoms with Crippen LogP contribution >= 0.6 is 0 Å². The van der Waals surface area contributed by atoms with E-state index in [-0.39, 0.29) is 5.91 Å². The van der Waals surface area contributed by atoms with Gasteiger partial charge in [0.15, 0.2) is 0 Å². The topological polar surface area (TPSA) is 46.9 Å². The number of para-hydroxylation sites is 1. The number of amides is 1. The largest absolute Gasteiger partial charge is 0.322 e. The van der Waals surface area contributed by atoms with E-state index in [2.05, 4.69) is 61.5 Å². The molecule has 0 saturated heterocycles. The summed E-state index contributed by atoms with van der Waals surface area (Å²) < 4.78 is 2.00. The molecule has 3 rings (SSSR count). The van der Waals surface area contributed by atoms with Crippen LogP contribution in [0.5, 0.6) is 0 Å². The Morgan fingerprint density at radius 1 is 1.07 bits per heavy atom. The lowest BCUT2D eigenvalue weighted by Gasteiger charge is -2.15. The second-order valence-corrected chi connectivity index (χ2v) is 8.24. The minimum Gasteiger partial charge on any atom is -0.322 e. The standard InChI is InChI=1S/C26H31N3O/c1-17(2)23-9-7-8-19(4)26(23)27-25(30)15-14-24-20(5)28-29(21(24)6)16-22-12-10-18(3)11-13-22/h7-15,17H,16H2,1-6H3,(H,27,30)/b15-14+. The van der Waals surface area contributed by atoms with Crippen molar-refractivity contribution < 1.29 is 4.79 Å². The Labute approximate surface area is 179 Å². The summed E-state index contributed by atoms with van der Waals surface area (Å²) in [6, 6.07) is 14.6. The van der Waals surface area contributed by atoms with Gasteiger partial charge in [0.2, 0.25) is 5.91 Å². The third-order valence-electron chi connectivity index (χ3n) is 5.47. The number of carbonyl (C=O) groups is 1. The van der Waals surface area contributed by atoms with Crippen molar-refractivity contribution in [2.24, 2.45) is 0 Å². The molecule has 156 valence electrons. The fourth-order valence-electron chi connectivity index (χ4n) is 3.64. The summed E-state index contributed by atoms with van der Waals surface area (Å²) in [5.41, 5.74) is 8.54. The Morgan fingerprint density at radius 2 is 1.77 bits per heavy atom. The molecule has 0 radical (unpaired) electrons. The lowest BCUT2D eigenvalue weighted by atomic mass is 9.98. The summed E-state index contributed by atoms with van der Waals surface area (Å²) in [4.78, 5) is 12.6. The van der Waals surface area contributed by atoms with E-state index in [0.29, 0.717) is 12.5 Å². The first-order valence-electron chi connectivity index (χ1n) is 10.4. The molecule has 1 heterocycles. The molecule has 1 N–H and O–H groups in total. The minimum atomic E-state index is -0.128. The lowest BCUT2D eigenvalue weighted by Crippen LogP contribution is -2.11. The first kappa shape index (κ1) is 21.6. The molecule has 2 aromatic carbocycles. The molecular formula is C26H31N3O. The Morgan fingerprint density at radius 3 is 2.43 bits per heavy atom. The highest BCUT2D eigenvalue weighted by Gasteiger charge is 2.12. The van der Waals surface area contributed by atoms with Gasteiger partial charge in [0.25, 0.3) is 0 Å². The van der Waals surface area contributed by atoms with Crippen molar-refractivity contribution in [2.45, 2.75) is 54.0 Å². The number of nitrogens with zero attached hydrogens (tertiary/aromatic N) is 2. The van der Waals surface area contributed by atoms with Gasteiger partial charge >= 0.3 is 0 Å². The van der Waals surface area contributed by atoms with Crippen LogP contribution in [0, 0.1) is 27.7 Å². The first-order valence-corrected chi connectivity index (χ1v) is 10.4. The zero-order chi connectivity index (χ0) is 21.8. The molecule has 0 atom stereocenters. The molecule has 0 fully saturated rings. The molecule has 0 saturated carbocycles. The van der Waals surface area contributed by atoms with E-state index in [9.17, 15) is 4.79 Å². The summed E-state index contributed by atoms with van der Waals surface area (Å²) in [7, 11) is 0. The van der Waals surface area contributed by atoms with Crippen LogP contribution in [-0.2, 0) is 11.3 Å². The molecule has 0 spiro atoms. The molecule has 4 nitrogen and oxygen atoms in total. The van der Waals surface area contributed by atoms with Gasteiger partial charge in [0.1, 0.15) is 0 Å². The van der Waals surface area contributed by atoms with Crippen LogP contribution in [0.25, 0.3) is 6.08 Å². The van der Waals surface area contributed by atoms with Crippen molar-refractivity contribution in [3.05, 3.63) is 87.7 Å². The second kappa shape index (κ2) is 9.12. The van der Waals surface area contributed by atoms with Crippen LogP contribution in [0.15, 0.2) is 48.5 Å². The molecule has 0 bridgehead atoms. The maximum Gasteiger partial charge on any atom is 0.248 e. The van der Waals surface area contributed by atoms with E-state index in [1.54, 1.807) is 6.08 Å². The number of nitrogens with one attached hydrogen (secondary N) is 1. The second-order valence-electron chi connectivity index (χ2n) is 8.24. The van der Waals surface area contributed by atoms with Crippen LogP contribution in [0.1, 0.15) is 59.0 Å². The third kappa shape index (κ3) is 4.88. The molecule has 3 aromatic rings. The van der Waals surface area contributed by atoms with Crippen molar-refractivity contribution in [3.63, 3.8) is 0 Å². The predicted molar refractivity (Wildman–Crippen MR) is 125 cm³/mol. The zero-order valence-corrected chi connectivity index (χ0v) is 18.8. The molecule has 0 aliphatic carbocycles. The molecule has 30 heavy (non-hydrogen) atoms. The lowest BCUT2D eigenvalue weighted by molar-refractivity contribution is -0.111. The average Bonchev–Trinajstić information content (AvgIpc) is 2.96. The quantitative estimate of drug-likeness (QED) is 0.520. The fourth-order valence-corrected chi connectivity index (χ4v) is 3.64.